The lowest BCUT2D eigenvalue weighted by Crippen LogP contribution is -2.27. The van der Waals surface area contributed by atoms with Gasteiger partial charge in [-0.05, 0) is 56.5 Å². The predicted octanol–water partition coefficient (Wildman–Crippen LogP) is 3.85. The summed E-state index contributed by atoms with van der Waals surface area (Å²) in [6.07, 6.45) is 4.87. The van der Waals surface area contributed by atoms with Crippen molar-refractivity contribution in [1.82, 2.24) is 5.43 Å². The predicted molar refractivity (Wildman–Crippen MR) is 85.6 cm³/mol. The van der Waals surface area contributed by atoms with Crippen LogP contribution in [-0.2, 0) is 0 Å². The second-order valence-electron chi connectivity index (χ2n) is 5.18. The molecular formula is C15H21N3S. The molecule has 1 aromatic carbocycles. The minimum absolute atomic E-state index is 0.550. The van der Waals surface area contributed by atoms with Gasteiger partial charge in [-0.3, -0.25) is 5.43 Å². The van der Waals surface area contributed by atoms with Crippen LogP contribution in [0.25, 0.3) is 0 Å². The molecule has 0 amide bonds. The van der Waals surface area contributed by atoms with Crippen LogP contribution in [0, 0.1) is 12.8 Å². The van der Waals surface area contributed by atoms with Crippen molar-refractivity contribution in [3.05, 3.63) is 29.8 Å². The van der Waals surface area contributed by atoms with Crippen molar-refractivity contribution in [1.29, 1.82) is 0 Å². The van der Waals surface area contributed by atoms with Gasteiger partial charge >= 0.3 is 0 Å². The van der Waals surface area contributed by atoms with E-state index in [0.29, 0.717) is 11.0 Å². The molecule has 1 saturated carbocycles. The fraction of sp³-hybridized carbons (Fsp3) is 0.467. The topological polar surface area (TPSA) is 36.4 Å². The van der Waals surface area contributed by atoms with E-state index in [1.54, 1.807) is 0 Å². The van der Waals surface area contributed by atoms with Crippen LogP contribution in [0.5, 0.6) is 0 Å². The molecule has 0 spiro atoms. The zero-order valence-corrected chi connectivity index (χ0v) is 12.4. The SMILES string of the molecule is Cc1ccc(NC(=S)N/N=C2/CCCC[C@@H]2C)cc1. The minimum Gasteiger partial charge on any atom is -0.331 e. The number of rotatable bonds is 2. The van der Waals surface area contributed by atoms with Crippen molar-refractivity contribution in [3.63, 3.8) is 0 Å². The van der Waals surface area contributed by atoms with Crippen molar-refractivity contribution < 1.29 is 0 Å². The molecule has 0 saturated heterocycles. The van der Waals surface area contributed by atoms with Crippen LogP contribution in [0.15, 0.2) is 29.4 Å². The monoisotopic (exact) mass is 275 g/mol. The Kier molecular flexibility index (Phi) is 4.91. The average Bonchev–Trinajstić information content (AvgIpc) is 2.40. The summed E-state index contributed by atoms with van der Waals surface area (Å²) in [7, 11) is 0. The van der Waals surface area contributed by atoms with Crippen molar-refractivity contribution in [2.24, 2.45) is 11.0 Å². The minimum atomic E-state index is 0.550. The highest BCUT2D eigenvalue weighted by Gasteiger charge is 2.15. The number of hydrogen-bond acceptors (Lipinski definition) is 2. The summed E-state index contributed by atoms with van der Waals surface area (Å²) in [4.78, 5) is 0. The van der Waals surface area contributed by atoms with Gasteiger partial charge in [0.2, 0.25) is 0 Å². The first-order chi connectivity index (χ1) is 9.15. The van der Waals surface area contributed by atoms with Crippen LogP contribution in [-0.4, -0.2) is 10.8 Å². The molecule has 0 aliphatic heterocycles. The summed E-state index contributed by atoms with van der Waals surface area (Å²) in [5.74, 6) is 0.573. The van der Waals surface area contributed by atoms with Crippen LogP contribution < -0.4 is 10.7 Å². The normalized spacial score (nSPS) is 21.2. The van der Waals surface area contributed by atoms with E-state index in [9.17, 15) is 0 Å². The highest BCUT2D eigenvalue weighted by Crippen LogP contribution is 2.20. The zero-order valence-electron chi connectivity index (χ0n) is 11.6. The molecule has 2 N–H and O–H groups in total. The number of anilines is 1. The Morgan fingerprint density at radius 1 is 1.26 bits per heavy atom. The van der Waals surface area contributed by atoms with Gasteiger partial charge in [0.15, 0.2) is 5.11 Å². The molecule has 1 aliphatic rings. The Labute approximate surface area is 120 Å². The largest absolute Gasteiger partial charge is 0.331 e. The maximum absolute atomic E-state index is 5.25. The lowest BCUT2D eigenvalue weighted by molar-refractivity contribution is 0.555. The molecular weight excluding hydrogens is 254 g/mol. The van der Waals surface area contributed by atoms with E-state index >= 15 is 0 Å². The van der Waals surface area contributed by atoms with Crippen molar-refractivity contribution >= 4 is 28.7 Å². The highest BCUT2D eigenvalue weighted by molar-refractivity contribution is 7.80. The van der Waals surface area contributed by atoms with Crippen LogP contribution in [0.4, 0.5) is 5.69 Å². The fourth-order valence-corrected chi connectivity index (χ4v) is 2.42. The standard InChI is InChI=1S/C15H21N3S/c1-11-7-9-13(10-8-11)16-15(19)18-17-14-6-4-3-5-12(14)2/h7-10,12H,3-6H2,1-2H3,(H2,16,18,19)/b17-14-/t12-/m0/s1. The third-order valence-corrected chi connectivity index (χ3v) is 3.69. The van der Waals surface area contributed by atoms with E-state index in [4.69, 9.17) is 12.2 Å². The Bertz CT molecular complexity index is 465. The summed E-state index contributed by atoms with van der Waals surface area (Å²) >= 11 is 5.25. The summed E-state index contributed by atoms with van der Waals surface area (Å²) in [6, 6.07) is 8.14. The van der Waals surface area contributed by atoms with E-state index in [1.807, 2.05) is 12.1 Å². The first-order valence-electron chi connectivity index (χ1n) is 6.85. The number of aryl methyl sites for hydroxylation is 1. The molecule has 4 heteroatoms. The van der Waals surface area contributed by atoms with Gasteiger partial charge in [0, 0.05) is 11.4 Å². The lowest BCUT2D eigenvalue weighted by atomic mass is 9.89. The molecule has 1 aromatic rings. The maximum Gasteiger partial charge on any atom is 0.191 e. The zero-order chi connectivity index (χ0) is 13.7. The first kappa shape index (κ1) is 14.0. The van der Waals surface area contributed by atoms with Gasteiger partial charge in [0.1, 0.15) is 0 Å². The Hall–Kier alpha value is -1.42. The number of nitrogens with one attached hydrogen (secondary N) is 2. The van der Waals surface area contributed by atoms with Crippen LogP contribution in [0.2, 0.25) is 0 Å². The van der Waals surface area contributed by atoms with E-state index < -0.39 is 0 Å². The Morgan fingerprint density at radius 2 is 2.00 bits per heavy atom. The Balaban J connectivity index is 1.87. The van der Waals surface area contributed by atoms with E-state index in [2.05, 4.69) is 41.8 Å². The molecule has 0 unspecified atom stereocenters. The molecule has 0 aromatic heterocycles. The summed E-state index contributed by atoms with van der Waals surface area (Å²) in [6.45, 7) is 4.30. The van der Waals surface area contributed by atoms with Crippen molar-refractivity contribution in [2.75, 3.05) is 5.32 Å². The van der Waals surface area contributed by atoms with Gasteiger partial charge in [-0.1, -0.05) is 31.0 Å². The second-order valence-corrected chi connectivity index (χ2v) is 5.59. The summed E-state index contributed by atoms with van der Waals surface area (Å²) in [5, 5.41) is 8.13. The van der Waals surface area contributed by atoms with Gasteiger partial charge in [-0.2, -0.15) is 5.10 Å². The van der Waals surface area contributed by atoms with Crippen LogP contribution in [0.3, 0.4) is 0 Å². The number of hydrazone groups is 1. The number of thiocarbonyl (C=S) groups is 1. The van der Waals surface area contributed by atoms with Gasteiger partial charge in [-0.15, -0.1) is 0 Å². The van der Waals surface area contributed by atoms with Gasteiger partial charge in [-0.25, -0.2) is 0 Å². The molecule has 1 fully saturated rings. The molecule has 1 atom stereocenters. The van der Waals surface area contributed by atoms with E-state index in [1.165, 1.54) is 30.5 Å². The molecule has 0 bridgehead atoms. The van der Waals surface area contributed by atoms with E-state index in [0.717, 1.165) is 12.1 Å². The fourth-order valence-electron chi connectivity index (χ4n) is 2.25. The third-order valence-electron chi connectivity index (χ3n) is 3.50. The molecule has 19 heavy (non-hydrogen) atoms. The van der Waals surface area contributed by atoms with E-state index in [-0.39, 0.29) is 0 Å². The van der Waals surface area contributed by atoms with Gasteiger partial charge < -0.3 is 5.32 Å². The lowest BCUT2D eigenvalue weighted by Gasteiger charge is -2.20. The number of hydrogen-bond donors (Lipinski definition) is 2. The second kappa shape index (κ2) is 6.66. The number of benzene rings is 1. The molecule has 0 radical (unpaired) electrons. The van der Waals surface area contributed by atoms with Gasteiger partial charge in [0.05, 0.1) is 0 Å². The van der Waals surface area contributed by atoms with Crippen molar-refractivity contribution in [3.8, 4) is 0 Å². The average molecular weight is 275 g/mol. The van der Waals surface area contributed by atoms with Crippen LogP contribution >= 0.6 is 12.2 Å². The number of nitrogens with zero attached hydrogens (tertiary/aromatic N) is 1. The quantitative estimate of drug-likeness (QED) is 0.636. The summed E-state index contributed by atoms with van der Waals surface area (Å²) in [5.41, 5.74) is 6.41. The molecule has 2 rings (SSSR count). The van der Waals surface area contributed by atoms with Crippen molar-refractivity contribution in [2.45, 2.75) is 39.5 Å². The first-order valence-corrected chi connectivity index (χ1v) is 7.26. The van der Waals surface area contributed by atoms with Crippen LogP contribution in [0.1, 0.15) is 38.2 Å². The Morgan fingerprint density at radius 3 is 2.68 bits per heavy atom. The molecule has 1 aliphatic carbocycles. The smallest absolute Gasteiger partial charge is 0.191 e. The summed E-state index contributed by atoms with van der Waals surface area (Å²) < 4.78 is 0. The molecule has 3 nitrogen and oxygen atoms in total. The highest BCUT2D eigenvalue weighted by atomic mass is 32.1. The van der Waals surface area contributed by atoms with Gasteiger partial charge in [0.25, 0.3) is 0 Å². The molecule has 102 valence electrons. The third kappa shape index (κ3) is 4.31. The maximum atomic E-state index is 5.25. The molecule has 0 heterocycles.